The maximum atomic E-state index is 12.9. The number of amides is 1. The number of anilines is 1. The van der Waals surface area contributed by atoms with E-state index in [1.165, 1.54) is 11.3 Å². The van der Waals surface area contributed by atoms with Crippen LogP contribution in [-0.4, -0.2) is 36.7 Å². The smallest absolute Gasteiger partial charge is 0.302 e. The maximum Gasteiger partial charge on any atom is 0.416 e. The predicted octanol–water partition coefficient (Wildman–Crippen LogP) is 3.85. The number of hydrogen-bond acceptors (Lipinski definition) is 5. The summed E-state index contributed by atoms with van der Waals surface area (Å²) in [7, 11) is -4.22. The molecule has 1 aromatic heterocycles. The van der Waals surface area contributed by atoms with Crippen LogP contribution in [0.15, 0.2) is 34.7 Å². The summed E-state index contributed by atoms with van der Waals surface area (Å²) in [5.41, 5.74) is -1.09. The van der Waals surface area contributed by atoms with E-state index in [-0.39, 0.29) is 36.9 Å². The summed E-state index contributed by atoms with van der Waals surface area (Å²) < 4.78 is 65.4. The molecule has 3 rings (SSSR count). The minimum atomic E-state index is -4.68. The van der Waals surface area contributed by atoms with E-state index in [9.17, 15) is 26.4 Å². The van der Waals surface area contributed by atoms with E-state index in [1.54, 1.807) is 11.6 Å². The van der Waals surface area contributed by atoms with Gasteiger partial charge in [-0.05, 0) is 31.0 Å². The number of nitrogens with zero attached hydrogens (tertiary/aromatic N) is 2. The van der Waals surface area contributed by atoms with Gasteiger partial charge in [-0.1, -0.05) is 11.6 Å². The minimum absolute atomic E-state index is 0.00482. The molecular formula is C16H15ClF3N3O3S2. The second kappa shape index (κ2) is 7.97. The molecule has 6 nitrogen and oxygen atoms in total. The highest BCUT2D eigenvalue weighted by molar-refractivity contribution is 7.89. The fraction of sp³-hybridized carbons (Fsp3) is 0.375. The first-order valence-electron chi connectivity index (χ1n) is 8.16. The number of alkyl halides is 3. The molecule has 1 aliphatic heterocycles. The van der Waals surface area contributed by atoms with E-state index >= 15 is 0 Å². The Morgan fingerprint density at radius 2 is 1.96 bits per heavy atom. The number of hydrogen-bond donors (Lipinski definition) is 1. The van der Waals surface area contributed by atoms with E-state index in [4.69, 9.17) is 11.6 Å². The Morgan fingerprint density at radius 3 is 2.54 bits per heavy atom. The van der Waals surface area contributed by atoms with Crippen LogP contribution in [-0.2, 0) is 21.0 Å². The van der Waals surface area contributed by atoms with Crippen molar-refractivity contribution < 1.29 is 26.4 Å². The van der Waals surface area contributed by atoms with E-state index in [0.717, 1.165) is 16.4 Å². The van der Waals surface area contributed by atoms with Gasteiger partial charge in [0.05, 0.1) is 10.6 Å². The highest BCUT2D eigenvalue weighted by atomic mass is 35.5. The van der Waals surface area contributed by atoms with Crippen molar-refractivity contribution in [1.29, 1.82) is 0 Å². The molecule has 1 saturated heterocycles. The number of halogens is 4. The lowest BCUT2D eigenvalue weighted by atomic mass is 9.97. The summed E-state index contributed by atoms with van der Waals surface area (Å²) in [5.74, 6) is -0.670. The summed E-state index contributed by atoms with van der Waals surface area (Å²) >= 11 is 7.13. The van der Waals surface area contributed by atoms with Crippen molar-refractivity contribution in [2.45, 2.75) is 23.9 Å². The van der Waals surface area contributed by atoms with Crippen molar-refractivity contribution in [2.24, 2.45) is 5.92 Å². The third-order valence-corrected chi connectivity index (χ3v) is 7.43. The highest BCUT2D eigenvalue weighted by Crippen LogP contribution is 2.35. The Bertz CT molecular complexity index is 957. The lowest BCUT2D eigenvalue weighted by molar-refractivity contribution is -0.137. The van der Waals surface area contributed by atoms with E-state index in [2.05, 4.69) is 10.3 Å². The number of carbonyl (C=O) groups is 1. The van der Waals surface area contributed by atoms with E-state index in [0.29, 0.717) is 11.2 Å². The summed E-state index contributed by atoms with van der Waals surface area (Å²) in [4.78, 5) is 15.6. The van der Waals surface area contributed by atoms with Crippen molar-refractivity contribution in [3.63, 3.8) is 0 Å². The molecule has 1 fully saturated rings. The number of sulfonamides is 1. The second-order valence-electron chi connectivity index (χ2n) is 6.15. The Morgan fingerprint density at radius 1 is 1.29 bits per heavy atom. The van der Waals surface area contributed by atoms with Crippen molar-refractivity contribution in [1.82, 2.24) is 9.29 Å². The Labute approximate surface area is 168 Å². The number of thiazole rings is 1. The number of aromatic nitrogens is 1. The zero-order valence-electron chi connectivity index (χ0n) is 14.2. The highest BCUT2D eigenvalue weighted by Gasteiger charge is 2.36. The zero-order valence-corrected chi connectivity index (χ0v) is 16.6. The molecule has 0 radical (unpaired) electrons. The van der Waals surface area contributed by atoms with Gasteiger partial charge in [0.25, 0.3) is 0 Å². The van der Waals surface area contributed by atoms with Gasteiger partial charge in [-0.3, -0.25) is 4.79 Å². The van der Waals surface area contributed by atoms with Crippen LogP contribution in [0.3, 0.4) is 0 Å². The average molecular weight is 454 g/mol. The Hall–Kier alpha value is -1.69. The van der Waals surface area contributed by atoms with Crippen molar-refractivity contribution in [3.8, 4) is 0 Å². The maximum absolute atomic E-state index is 12.9. The van der Waals surface area contributed by atoms with Crippen molar-refractivity contribution in [2.75, 3.05) is 18.4 Å². The molecule has 0 saturated carbocycles. The standard InChI is InChI=1S/C16H15ClF3N3O3S2/c17-12-2-1-11(16(18,19)20)9-13(12)28(25,26)23-6-3-10(4-7-23)14(24)22-15-21-5-8-27-15/h1-2,5,8-10H,3-4,6-7H2,(H,21,22,24). The van der Waals surface area contributed by atoms with Gasteiger partial charge in [0, 0.05) is 30.6 Å². The number of nitrogens with one attached hydrogen (secondary N) is 1. The molecule has 1 aromatic carbocycles. The summed E-state index contributed by atoms with van der Waals surface area (Å²) in [6.45, 7) is 0.00965. The third kappa shape index (κ3) is 4.48. The van der Waals surface area contributed by atoms with Gasteiger partial charge in [0.2, 0.25) is 15.9 Å². The zero-order chi connectivity index (χ0) is 20.5. The Balaban J connectivity index is 1.72. The van der Waals surface area contributed by atoms with Gasteiger partial charge in [-0.2, -0.15) is 17.5 Å². The molecule has 0 bridgehead atoms. The fourth-order valence-corrected chi connectivity index (χ4v) is 5.37. The lowest BCUT2D eigenvalue weighted by Crippen LogP contribution is -2.41. The van der Waals surface area contributed by atoms with Crippen molar-refractivity contribution in [3.05, 3.63) is 40.4 Å². The van der Waals surface area contributed by atoms with Crippen LogP contribution >= 0.6 is 22.9 Å². The predicted molar refractivity (Wildman–Crippen MR) is 98.7 cm³/mol. The molecule has 2 heterocycles. The molecule has 12 heteroatoms. The first-order valence-corrected chi connectivity index (χ1v) is 10.9. The largest absolute Gasteiger partial charge is 0.416 e. The number of benzene rings is 1. The number of rotatable bonds is 4. The van der Waals surface area contributed by atoms with Crippen LogP contribution in [0.4, 0.5) is 18.3 Å². The lowest BCUT2D eigenvalue weighted by Gasteiger charge is -2.30. The fourth-order valence-electron chi connectivity index (χ4n) is 2.87. The monoisotopic (exact) mass is 453 g/mol. The van der Waals surface area contributed by atoms with Gasteiger partial charge in [-0.25, -0.2) is 13.4 Å². The third-order valence-electron chi connectivity index (χ3n) is 4.36. The average Bonchev–Trinajstić information content (AvgIpc) is 3.14. The molecule has 1 aliphatic rings. The van der Waals surface area contributed by atoms with Crippen LogP contribution in [0.2, 0.25) is 5.02 Å². The molecule has 0 atom stereocenters. The van der Waals surface area contributed by atoms with E-state index in [1.807, 2.05) is 0 Å². The summed E-state index contributed by atoms with van der Waals surface area (Å²) in [6, 6.07) is 2.20. The number of carbonyl (C=O) groups excluding carboxylic acids is 1. The molecule has 0 spiro atoms. The van der Waals surface area contributed by atoms with Crippen molar-refractivity contribution >= 4 is 44.0 Å². The quantitative estimate of drug-likeness (QED) is 0.762. The SMILES string of the molecule is O=C(Nc1nccs1)C1CCN(S(=O)(=O)c2cc(C(F)(F)F)ccc2Cl)CC1. The second-order valence-corrected chi connectivity index (χ2v) is 9.36. The van der Waals surface area contributed by atoms with E-state index < -0.39 is 32.6 Å². The van der Waals surface area contributed by atoms with Gasteiger partial charge >= 0.3 is 6.18 Å². The van der Waals surface area contributed by atoms with Crippen LogP contribution < -0.4 is 5.32 Å². The topological polar surface area (TPSA) is 79.4 Å². The van der Waals surface area contributed by atoms with Gasteiger partial charge in [0.1, 0.15) is 4.90 Å². The Kier molecular flexibility index (Phi) is 5.99. The summed E-state index contributed by atoms with van der Waals surface area (Å²) in [6.07, 6.45) is -2.65. The van der Waals surface area contributed by atoms with Gasteiger partial charge in [-0.15, -0.1) is 11.3 Å². The molecule has 1 amide bonds. The molecule has 2 aromatic rings. The van der Waals surface area contributed by atoms with Crippen LogP contribution in [0.25, 0.3) is 0 Å². The summed E-state index contributed by atoms with van der Waals surface area (Å²) in [5, 5.41) is 4.55. The van der Waals surface area contributed by atoms with Crippen LogP contribution in [0.5, 0.6) is 0 Å². The molecule has 0 aliphatic carbocycles. The van der Waals surface area contributed by atoms with Gasteiger partial charge < -0.3 is 5.32 Å². The molecule has 28 heavy (non-hydrogen) atoms. The number of piperidine rings is 1. The van der Waals surface area contributed by atoms with Crippen LogP contribution in [0, 0.1) is 5.92 Å². The molecule has 1 N–H and O–H groups in total. The first kappa shape index (κ1) is 21.0. The molecular weight excluding hydrogens is 439 g/mol. The first-order chi connectivity index (χ1) is 13.1. The van der Waals surface area contributed by atoms with Gasteiger partial charge in [0.15, 0.2) is 5.13 Å². The minimum Gasteiger partial charge on any atom is -0.302 e. The normalized spacial score (nSPS) is 16.9. The molecule has 152 valence electrons. The molecule has 0 unspecified atom stereocenters. The van der Waals surface area contributed by atoms with Crippen LogP contribution in [0.1, 0.15) is 18.4 Å².